The largest absolute Gasteiger partial charge is 0.496 e. The number of aryl methyl sites for hydroxylation is 1. The lowest BCUT2D eigenvalue weighted by atomic mass is 10.1. The van der Waals surface area contributed by atoms with Crippen LogP contribution in [-0.4, -0.2) is 21.7 Å². The Morgan fingerprint density at radius 2 is 2.16 bits per heavy atom. The maximum Gasteiger partial charge on any atom is 0.288 e. The van der Waals surface area contributed by atoms with Gasteiger partial charge >= 0.3 is 0 Å². The van der Waals surface area contributed by atoms with Gasteiger partial charge in [0.2, 0.25) is 0 Å². The van der Waals surface area contributed by atoms with Crippen LogP contribution in [0.15, 0.2) is 41.3 Å². The molecule has 0 atom stereocenters. The van der Waals surface area contributed by atoms with Crippen molar-refractivity contribution in [1.82, 2.24) is 14.6 Å². The molecule has 0 radical (unpaired) electrons. The number of methoxy groups -OCH3 is 1. The molecule has 0 spiro atoms. The van der Waals surface area contributed by atoms with Gasteiger partial charge in [-0.05, 0) is 36.8 Å². The molecule has 5 heteroatoms. The molecule has 0 fully saturated rings. The molecule has 1 N–H and O–H groups in total. The minimum absolute atomic E-state index is 0.208. The standard InChI is InChI=1S/C14H13N3O2/c1-9-5-6-10(12(8-9)19-2)13-15-16-14(18)11-4-3-7-17(11)13/h3-8H,1-2H3,(H,16,18). The number of nitrogens with zero attached hydrogens (tertiary/aromatic N) is 2. The Hall–Kier alpha value is -2.56. The molecular formula is C14H13N3O2. The smallest absolute Gasteiger partial charge is 0.288 e. The third kappa shape index (κ3) is 1.79. The van der Waals surface area contributed by atoms with Gasteiger partial charge in [-0.2, -0.15) is 5.10 Å². The van der Waals surface area contributed by atoms with Crippen LogP contribution in [0.3, 0.4) is 0 Å². The Labute approximate surface area is 109 Å². The van der Waals surface area contributed by atoms with Gasteiger partial charge in [0.15, 0.2) is 5.82 Å². The molecule has 5 nitrogen and oxygen atoms in total. The molecule has 96 valence electrons. The van der Waals surface area contributed by atoms with Crippen molar-refractivity contribution in [3.63, 3.8) is 0 Å². The zero-order chi connectivity index (χ0) is 13.4. The van der Waals surface area contributed by atoms with Crippen LogP contribution in [0.5, 0.6) is 5.75 Å². The number of fused-ring (bicyclic) bond motifs is 1. The topological polar surface area (TPSA) is 59.4 Å². The lowest BCUT2D eigenvalue weighted by molar-refractivity contribution is 0.415. The van der Waals surface area contributed by atoms with Crippen molar-refractivity contribution in [2.45, 2.75) is 6.92 Å². The molecule has 0 aliphatic carbocycles. The molecule has 0 saturated heterocycles. The van der Waals surface area contributed by atoms with Gasteiger partial charge in [-0.25, -0.2) is 5.10 Å². The second-order valence-electron chi connectivity index (χ2n) is 4.34. The lowest BCUT2D eigenvalue weighted by Gasteiger charge is -2.10. The van der Waals surface area contributed by atoms with Crippen molar-refractivity contribution in [3.05, 3.63) is 52.4 Å². The van der Waals surface area contributed by atoms with Gasteiger partial charge in [0, 0.05) is 6.20 Å². The highest BCUT2D eigenvalue weighted by Gasteiger charge is 2.12. The minimum Gasteiger partial charge on any atom is -0.496 e. The van der Waals surface area contributed by atoms with Crippen molar-refractivity contribution in [3.8, 4) is 17.1 Å². The second-order valence-corrected chi connectivity index (χ2v) is 4.34. The Morgan fingerprint density at radius 3 is 2.95 bits per heavy atom. The predicted octanol–water partition coefficient (Wildman–Crippen LogP) is 2.01. The number of ether oxygens (including phenoxy) is 1. The molecule has 3 aromatic rings. The number of H-pyrrole nitrogens is 1. The van der Waals surface area contributed by atoms with Gasteiger partial charge in [0.05, 0.1) is 12.7 Å². The van der Waals surface area contributed by atoms with Crippen LogP contribution >= 0.6 is 0 Å². The summed E-state index contributed by atoms with van der Waals surface area (Å²) in [7, 11) is 1.62. The number of nitrogens with one attached hydrogen (secondary N) is 1. The molecule has 0 saturated carbocycles. The van der Waals surface area contributed by atoms with Crippen molar-refractivity contribution < 1.29 is 4.74 Å². The molecule has 1 aromatic carbocycles. The van der Waals surface area contributed by atoms with Gasteiger partial charge in [-0.3, -0.25) is 9.20 Å². The predicted molar refractivity (Wildman–Crippen MR) is 72.5 cm³/mol. The monoisotopic (exact) mass is 255 g/mol. The first-order valence-electron chi connectivity index (χ1n) is 5.91. The fourth-order valence-electron chi connectivity index (χ4n) is 2.14. The molecule has 0 aliphatic heterocycles. The first-order chi connectivity index (χ1) is 9.20. The summed E-state index contributed by atoms with van der Waals surface area (Å²) in [6, 6.07) is 9.44. The molecule has 2 heterocycles. The minimum atomic E-state index is -0.208. The van der Waals surface area contributed by atoms with E-state index in [1.165, 1.54) is 0 Å². The van der Waals surface area contributed by atoms with E-state index in [2.05, 4.69) is 10.2 Å². The van der Waals surface area contributed by atoms with Gasteiger partial charge < -0.3 is 4.74 Å². The van der Waals surface area contributed by atoms with E-state index in [4.69, 9.17) is 4.74 Å². The first-order valence-corrected chi connectivity index (χ1v) is 5.91. The van der Waals surface area contributed by atoms with E-state index in [1.54, 1.807) is 17.6 Å². The number of aromatic amines is 1. The number of hydrogen-bond acceptors (Lipinski definition) is 3. The van der Waals surface area contributed by atoms with Crippen molar-refractivity contribution in [2.75, 3.05) is 7.11 Å². The Bertz CT molecular complexity index is 802. The molecule has 0 amide bonds. The molecule has 3 rings (SSSR count). The normalized spacial score (nSPS) is 10.8. The van der Waals surface area contributed by atoms with Gasteiger partial charge in [0.1, 0.15) is 11.3 Å². The highest BCUT2D eigenvalue weighted by molar-refractivity contribution is 5.67. The molecule has 0 unspecified atom stereocenters. The summed E-state index contributed by atoms with van der Waals surface area (Å²) in [6.45, 7) is 2.00. The van der Waals surface area contributed by atoms with E-state index >= 15 is 0 Å². The van der Waals surface area contributed by atoms with E-state index in [9.17, 15) is 4.79 Å². The van der Waals surface area contributed by atoms with Crippen molar-refractivity contribution in [2.24, 2.45) is 0 Å². The van der Waals surface area contributed by atoms with E-state index in [1.807, 2.05) is 37.4 Å². The summed E-state index contributed by atoms with van der Waals surface area (Å²) < 4.78 is 7.15. The Kier molecular flexibility index (Phi) is 2.59. The third-order valence-corrected chi connectivity index (χ3v) is 3.07. The van der Waals surface area contributed by atoms with Gasteiger partial charge in [-0.15, -0.1) is 0 Å². The average molecular weight is 255 g/mol. The average Bonchev–Trinajstić information content (AvgIpc) is 2.90. The number of hydrogen-bond donors (Lipinski definition) is 1. The van der Waals surface area contributed by atoms with E-state index < -0.39 is 0 Å². The number of benzene rings is 1. The van der Waals surface area contributed by atoms with Crippen LogP contribution in [0.1, 0.15) is 5.56 Å². The maximum atomic E-state index is 11.7. The van der Waals surface area contributed by atoms with Crippen LogP contribution < -0.4 is 10.3 Å². The Balaban J connectivity index is 2.33. The molecule has 2 aromatic heterocycles. The van der Waals surface area contributed by atoms with E-state index in [0.29, 0.717) is 11.3 Å². The highest BCUT2D eigenvalue weighted by atomic mass is 16.5. The zero-order valence-corrected chi connectivity index (χ0v) is 10.7. The van der Waals surface area contributed by atoms with Gasteiger partial charge in [-0.1, -0.05) is 6.07 Å². The van der Waals surface area contributed by atoms with Crippen LogP contribution in [0.4, 0.5) is 0 Å². The maximum absolute atomic E-state index is 11.7. The quantitative estimate of drug-likeness (QED) is 0.762. The summed E-state index contributed by atoms with van der Waals surface area (Å²) in [5.41, 5.74) is 2.30. The second kappa shape index (κ2) is 4.28. The fraction of sp³-hybridized carbons (Fsp3) is 0.143. The van der Waals surface area contributed by atoms with Crippen molar-refractivity contribution in [1.29, 1.82) is 0 Å². The Morgan fingerprint density at radius 1 is 1.32 bits per heavy atom. The number of aromatic nitrogens is 3. The summed E-state index contributed by atoms with van der Waals surface area (Å²) in [4.78, 5) is 11.7. The first kappa shape index (κ1) is 11.5. The van der Waals surface area contributed by atoms with Crippen LogP contribution in [0.25, 0.3) is 16.9 Å². The van der Waals surface area contributed by atoms with Crippen LogP contribution in [0, 0.1) is 6.92 Å². The molecule has 0 aliphatic rings. The zero-order valence-electron chi connectivity index (χ0n) is 10.7. The molecule has 0 bridgehead atoms. The number of rotatable bonds is 2. The van der Waals surface area contributed by atoms with E-state index in [0.717, 1.165) is 16.9 Å². The SMILES string of the molecule is COc1cc(C)ccc1-c1n[nH]c(=O)c2cccn12. The van der Waals surface area contributed by atoms with Crippen LogP contribution in [-0.2, 0) is 0 Å². The van der Waals surface area contributed by atoms with Crippen molar-refractivity contribution >= 4 is 5.52 Å². The summed E-state index contributed by atoms with van der Waals surface area (Å²) in [6.07, 6.45) is 1.81. The van der Waals surface area contributed by atoms with E-state index in [-0.39, 0.29) is 5.56 Å². The van der Waals surface area contributed by atoms with Gasteiger partial charge in [0.25, 0.3) is 5.56 Å². The molecular weight excluding hydrogens is 242 g/mol. The fourth-order valence-corrected chi connectivity index (χ4v) is 2.14. The third-order valence-electron chi connectivity index (χ3n) is 3.07. The molecule has 19 heavy (non-hydrogen) atoms. The highest BCUT2D eigenvalue weighted by Crippen LogP contribution is 2.29. The van der Waals surface area contributed by atoms with Crippen LogP contribution in [0.2, 0.25) is 0 Å². The summed E-state index contributed by atoms with van der Waals surface area (Å²) in [5.74, 6) is 1.38. The lowest BCUT2D eigenvalue weighted by Crippen LogP contribution is -2.13. The summed E-state index contributed by atoms with van der Waals surface area (Å²) >= 11 is 0. The summed E-state index contributed by atoms with van der Waals surface area (Å²) in [5, 5.41) is 6.64.